The van der Waals surface area contributed by atoms with Gasteiger partial charge in [0.05, 0.1) is 17.4 Å². The van der Waals surface area contributed by atoms with E-state index < -0.39 is 44.9 Å². The van der Waals surface area contributed by atoms with Crippen LogP contribution in [0.1, 0.15) is 57.9 Å². The average molecular weight is 728 g/mol. The number of carbonyl (C=O) groups excluding carboxylic acids is 3. The lowest BCUT2D eigenvalue weighted by Gasteiger charge is -2.41. The summed E-state index contributed by atoms with van der Waals surface area (Å²) in [5.41, 5.74) is -4.75. The van der Waals surface area contributed by atoms with Gasteiger partial charge in [-0.05, 0) is 88.3 Å². The molecule has 16 heteroatoms. The quantitative estimate of drug-likeness (QED) is 0.167. The molecule has 2 atom stereocenters. The molecule has 2 aromatic rings. The maximum absolute atomic E-state index is 14.8. The third-order valence-electron chi connectivity index (χ3n) is 8.40. The van der Waals surface area contributed by atoms with Crippen LogP contribution in [0.3, 0.4) is 0 Å². The monoisotopic (exact) mass is 727 g/mol. The maximum atomic E-state index is 14.8. The summed E-state index contributed by atoms with van der Waals surface area (Å²) in [7, 11) is -4.33. The number of likely N-dealkylation sites (tertiary alicyclic amines) is 1. The molecule has 2 aliphatic heterocycles. The minimum Gasteiger partial charge on any atom is -0.444 e. The van der Waals surface area contributed by atoms with E-state index in [9.17, 15) is 36.0 Å². The highest BCUT2D eigenvalue weighted by Crippen LogP contribution is 2.44. The summed E-state index contributed by atoms with van der Waals surface area (Å²) in [6.07, 6.45) is 1.73. The first-order valence-corrected chi connectivity index (χ1v) is 18.4. The Kier molecular flexibility index (Phi) is 10.8. The molecular formula is C33H40F3N3O8S2. The number of nitrogens with zero attached hydrogens (tertiary/aromatic N) is 3. The molecule has 1 saturated heterocycles. The average Bonchev–Trinajstić information content (AvgIpc) is 3.86. The molecule has 0 bridgehead atoms. The SMILES string of the molecule is COCCCN1C(=O)CSc2ccc(N(C(=O)[C@H]3CN(C(=O)OC(C)(C)C)CC[C@@H]3c3cccc(OS(=O)(=O)C(F)(F)F)c3)C3CC3)cc21. The third kappa shape index (κ3) is 8.63. The molecule has 3 aliphatic rings. The number of methoxy groups -OCH3 is 1. The number of benzene rings is 2. The highest BCUT2D eigenvalue weighted by molar-refractivity contribution is 8.00. The van der Waals surface area contributed by atoms with E-state index in [1.165, 1.54) is 28.8 Å². The van der Waals surface area contributed by atoms with Gasteiger partial charge in [-0.25, -0.2) is 4.79 Å². The van der Waals surface area contributed by atoms with Crippen LogP contribution in [0.15, 0.2) is 47.4 Å². The summed E-state index contributed by atoms with van der Waals surface area (Å²) in [6.45, 7) is 6.25. The van der Waals surface area contributed by atoms with Gasteiger partial charge in [0.2, 0.25) is 11.8 Å². The molecule has 0 aromatic heterocycles. The first-order chi connectivity index (χ1) is 23.0. The van der Waals surface area contributed by atoms with E-state index in [2.05, 4.69) is 4.18 Å². The van der Waals surface area contributed by atoms with Gasteiger partial charge in [-0.15, -0.1) is 11.8 Å². The van der Waals surface area contributed by atoms with Crippen molar-refractivity contribution in [2.75, 3.05) is 48.9 Å². The van der Waals surface area contributed by atoms with Gasteiger partial charge in [0.1, 0.15) is 11.4 Å². The van der Waals surface area contributed by atoms with Crippen LogP contribution in [0.2, 0.25) is 0 Å². The molecule has 1 aliphatic carbocycles. The van der Waals surface area contributed by atoms with Crippen molar-refractivity contribution < 1.29 is 49.6 Å². The van der Waals surface area contributed by atoms with Crippen LogP contribution in [-0.4, -0.2) is 87.5 Å². The van der Waals surface area contributed by atoms with Crippen molar-refractivity contribution >= 4 is 51.2 Å². The minimum atomic E-state index is -5.92. The number of ether oxygens (including phenoxy) is 2. The Labute approximate surface area is 288 Å². The predicted octanol–water partition coefficient (Wildman–Crippen LogP) is 5.93. The Morgan fingerprint density at radius 1 is 1.06 bits per heavy atom. The van der Waals surface area contributed by atoms with Crippen molar-refractivity contribution in [2.45, 2.75) is 74.4 Å². The molecular weight excluding hydrogens is 688 g/mol. The Hall–Kier alpha value is -3.50. The molecule has 49 heavy (non-hydrogen) atoms. The second-order valence-electron chi connectivity index (χ2n) is 13.3. The Morgan fingerprint density at radius 3 is 2.45 bits per heavy atom. The molecule has 0 unspecified atom stereocenters. The second kappa shape index (κ2) is 14.4. The summed E-state index contributed by atoms with van der Waals surface area (Å²) < 4.78 is 78.0. The number of thioether (sulfide) groups is 1. The van der Waals surface area contributed by atoms with Crippen molar-refractivity contribution in [3.63, 3.8) is 0 Å². The third-order valence-corrected chi connectivity index (χ3v) is 10.4. The van der Waals surface area contributed by atoms with Crippen LogP contribution >= 0.6 is 11.8 Å². The number of rotatable bonds is 10. The number of hydrogen-bond acceptors (Lipinski definition) is 9. The number of piperidine rings is 1. The first kappa shape index (κ1) is 36.8. The minimum absolute atomic E-state index is 0.0456. The lowest BCUT2D eigenvalue weighted by atomic mass is 9.79. The van der Waals surface area contributed by atoms with Gasteiger partial charge >= 0.3 is 21.7 Å². The van der Waals surface area contributed by atoms with Gasteiger partial charge in [-0.3, -0.25) is 9.59 Å². The van der Waals surface area contributed by atoms with Crippen LogP contribution in [-0.2, 0) is 29.2 Å². The van der Waals surface area contributed by atoms with Gasteiger partial charge in [0, 0.05) is 50.0 Å². The zero-order chi connectivity index (χ0) is 35.7. The van der Waals surface area contributed by atoms with E-state index in [1.54, 1.807) is 43.7 Å². The molecule has 0 N–H and O–H groups in total. The summed E-state index contributed by atoms with van der Waals surface area (Å²) in [4.78, 5) is 46.7. The molecule has 5 rings (SSSR count). The van der Waals surface area contributed by atoms with E-state index in [1.807, 2.05) is 18.2 Å². The van der Waals surface area contributed by atoms with Crippen LogP contribution in [0.4, 0.5) is 29.3 Å². The van der Waals surface area contributed by atoms with Gasteiger partial charge in [-0.1, -0.05) is 12.1 Å². The molecule has 2 heterocycles. The van der Waals surface area contributed by atoms with Gasteiger partial charge < -0.3 is 28.4 Å². The van der Waals surface area contributed by atoms with Crippen LogP contribution in [0.5, 0.6) is 5.75 Å². The highest BCUT2D eigenvalue weighted by atomic mass is 32.2. The van der Waals surface area contributed by atoms with Crippen molar-refractivity contribution in [1.82, 2.24) is 4.90 Å². The molecule has 3 amide bonds. The Morgan fingerprint density at radius 2 is 1.80 bits per heavy atom. The summed E-state index contributed by atoms with van der Waals surface area (Å²) in [5.74, 6) is -2.09. The Bertz CT molecular complexity index is 1680. The lowest BCUT2D eigenvalue weighted by molar-refractivity contribution is -0.124. The van der Waals surface area contributed by atoms with Gasteiger partial charge in [0.15, 0.2) is 0 Å². The molecule has 2 aromatic carbocycles. The number of hydrogen-bond donors (Lipinski definition) is 0. The van der Waals surface area contributed by atoms with E-state index in [4.69, 9.17) is 9.47 Å². The number of anilines is 2. The van der Waals surface area contributed by atoms with E-state index in [-0.39, 0.29) is 37.4 Å². The fraction of sp³-hybridized carbons (Fsp3) is 0.545. The standard InChI is InChI=1S/C33H40F3N3O8S2/c1-32(2,3)46-31(42)37-15-13-25(21-7-5-8-24(17-21)47-49(43,44)33(34,35)36)26(19-37)30(41)39(22-9-10-22)23-11-12-28-27(18-23)38(14-6-16-45-4)29(40)20-48-28/h5,7-8,11-12,17-18,22,25-26H,6,9-10,13-16,19-20H2,1-4H3/t25-,26+/m1/s1. The zero-order valence-electron chi connectivity index (χ0n) is 27.7. The van der Waals surface area contributed by atoms with Crippen molar-refractivity contribution in [1.29, 1.82) is 0 Å². The van der Waals surface area contributed by atoms with Crippen LogP contribution in [0.25, 0.3) is 0 Å². The fourth-order valence-electron chi connectivity index (χ4n) is 6.05. The van der Waals surface area contributed by atoms with Crippen molar-refractivity contribution in [3.8, 4) is 5.75 Å². The van der Waals surface area contributed by atoms with E-state index in [0.29, 0.717) is 42.3 Å². The molecule has 2 fully saturated rings. The van der Waals surface area contributed by atoms with E-state index >= 15 is 0 Å². The number of fused-ring (bicyclic) bond motifs is 1. The highest BCUT2D eigenvalue weighted by Gasteiger charge is 2.49. The van der Waals surface area contributed by atoms with E-state index in [0.717, 1.165) is 23.8 Å². The Balaban J connectivity index is 1.50. The zero-order valence-corrected chi connectivity index (χ0v) is 29.3. The second-order valence-corrected chi connectivity index (χ2v) is 15.8. The number of carbonyl (C=O) groups is 3. The number of alkyl halides is 3. The predicted molar refractivity (Wildman–Crippen MR) is 177 cm³/mol. The molecule has 1 saturated carbocycles. The van der Waals surface area contributed by atoms with Gasteiger partial charge in [0.25, 0.3) is 0 Å². The molecule has 0 spiro atoms. The fourth-order valence-corrected chi connectivity index (χ4v) is 7.41. The molecule has 11 nitrogen and oxygen atoms in total. The summed E-state index contributed by atoms with van der Waals surface area (Å²) >= 11 is 1.42. The molecule has 268 valence electrons. The maximum Gasteiger partial charge on any atom is 0.534 e. The van der Waals surface area contributed by atoms with Crippen LogP contribution in [0, 0.1) is 5.92 Å². The largest absolute Gasteiger partial charge is 0.534 e. The number of halogens is 3. The normalized spacial score (nSPS) is 20.1. The molecule has 0 radical (unpaired) electrons. The summed E-state index contributed by atoms with van der Waals surface area (Å²) in [5, 5.41) is 0. The first-order valence-electron chi connectivity index (χ1n) is 16.0. The van der Waals surface area contributed by atoms with Gasteiger partial charge in [-0.2, -0.15) is 21.6 Å². The van der Waals surface area contributed by atoms with Crippen LogP contribution < -0.4 is 14.0 Å². The lowest BCUT2D eigenvalue weighted by Crippen LogP contribution is -2.51. The van der Waals surface area contributed by atoms with Crippen molar-refractivity contribution in [2.24, 2.45) is 5.92 Å². The smallest absolute Gasteiger partial charge is 0.444 e. The topological polar surface area (TPSA) is 123 Å². The van der Waals surface area contributed by atoms with Crippen molar-refractivity contribution in [3.05, 3.63) is 48.0 Å². The summed E-state index contributed by atoms with van der Waals surface area (Å²) in [6, 6.07) is 10.7. The number of amides is 3.